The molecule has 0 saturated heterocycles. The lowest BCUT2D eigenvalue weighted by Crippen LogP contribution is -2.05. The molecule has 0 spiro atoms. The summed E-state index contributed by atoms with van der Waals surface area (Å²) in [5.41, 5.74) is 3.17. The van der Waals surface area contributed by atoms with Crippen LogP contribution in [0.15, 0.2) is 61.2 Å². The largest absolute Gasteiger partial charge is 0.423 e. The summed E-state index contributed by atoms with van der Waals surface area (Å²) in [4.78, 5) is 11.4. The van der Waals surface area contributed by atoms with Crippen molar-refractivity contribution in [3.63, 3.8) is 0 Å². The van der Waals surface area contributed by atoms with E-state index in [4.69, 9.17) is 4.74 Å². The van der Waals surface area contributed by atoms with E-state index in [0.717, 1.165) is 23.1 Å². The van der Waals surface area contributed by atoms with Crippen molar-refractivity contribution in [3.05, 3.63) is 66.7 Å². The van der Waals surface area contributed by atoms with Crippen LogP contribution in [0.3, 0.4) is 0 Å². The fourth-order valence-electron chi connectivity index (χ4n) is 2.04. The van der Waals surface area contributed by atoms with Crippen molar-refractivity contribution in [2.75, 3.05) is 0 Å². The normalized spacial score (nSPS) is 9.95. The molecule has 0 aliphatic rings. The van der Waals surface area contributed by atoms with Gasteiger partial charge in [-0.05, 0) is 23.6 Å². The van der Waals surface area contributed by atoms with Gasteiger partial charge < -0.3 is 4.74 Å². The lowest BCUT2D eigenvalue weighted by Gasteiger charge is -2.13. The topological polar surface area (TPSA) is 26.3 Å². The van der Waals surface area contributed by atoms with Crippen LogP contribution in [0.2, 0.25) is 0 Å². The van der Waals surface area contributed by atoms with Crippen molar-refractivity contribution in [1.82, 2.24) is 0 Å². The van der Waals surface area contributed by atoms with Crippen LogP contribution >= 0.6 is 0 Å². The lowest BCUT2D eigenvalue weighted by atomic mass is 9.97. The highest BCUT2D eigenvalue weighted by Gasteiger charge is 2.12. The van der Waals surface area contributed by atoms with Gasteiger partial charge in [0.1, 0.15) is 5.75 Å². The first kappa shape index (κ1) is 13.1. The predicted molar refractivity (Wildman–Crippen MR) is 77.1 cm³/mol. The zero-order valence-electron chi connectivity index (χ0n) is 10.9. The number of hydrogen-bond donors (Lipinski definition) is 0. The Hall–Kier alpha value is -2.35. The van der Waals surface area contributed by atoms with Gasteiger partial charge >= 0.3 is 5.97 Å². The molecule has 0 atom stereocenters. The Morgan fingerprint density at radius 1 is 1.16 bits per heavy atom. The van der Waals surface area contributed by atoms with Crippen LogP contribution in [0.5, 0.6) is 5.75 Å². The highest BCUT2D eigenvalue weighted by Crippen LogP contribution is 2.33. The predicted octanol–water partition coefficient (Wildman–Crippen LogP) is 4.01. The number of aryl methyl sites for hydroxylation is 1. The van der Waals surface area contributed by atoms with E-state index in [1.54, 1.807) is 0 Å². The molecule has 0 bridgehead atoms. The molecule has 0 radical (unpaired) electrons. The maximum atomic E-state index is 11.4. The standard InChI is InChI=1S/C17H16O2/c1-3-13-11-8-12-15(19-16(18)4-2)17(13)14-9-6-5-7-10-14/h4-12H,2-3H2,1H3. The number of rotatable bonds is 4. The Kier molecular flexibility index (Phi) is 4.14. The van der Waals surface area contributed by atoms with Gasteiger partial charge in [0.25, 0.3) is 0 Å². The third kappa shape index (κ3) is 2.91. The third-order valence-electron chi connectivity index (χ3n) is 2.93. The molecule has 0 unspecified atom stereocenters. The van der Waals surface area contributed by atoms with Crippen LogP contribution < -0.4 is 4.74 Å². The highest BCUT2D eigenvalue weighted by molar-refractivity contribution is 5.86. The molecule has 2 heteroatoms. The van der Waals surface area contributed by atoms with Gasteiger partial charge in [-0.2, -0.15) is 0 Å². The summed E-state index contributed by atoms with van der Waals surface area (Å²) in [6.07, 6.45) is 2.05. The second-order valence-corrected chi connectivity index (χ2v) is 4.14. The molecule has 96 valence electrons. The molecule has 2 aromatic carbocycles. The first-order chi connectivity index (χ1) is 9.26. The highest BCUT2D eigenvalue weighted by atomic mass is 16.5. The summed E-state index contributed by atoms with van der Waals surface area (Å²) < 4.78 is 5.33. The molecular weight excluding hydrogens is 236 g/mol. The van der Waals surface area contributed by atoms with Crippen molar-refractivity contribution in [2.24, 2.45) is 0 Å². The lowest BCUT2D eigenvalue weighted by molar-refractivity contribution is -0.128. The number of benzene rings is 2. The van der Waals surface area contributed by atoms with Crippen LogP contribution in [-0.4, -0.2) is 5.97 Å². The Balaban J connectivity index is 2.55. The smallest absolute Gasteiger partial charge is 0.335 e. The van der Waals surface area contributed by atoms with E-state index < -0.39 is 5.97 Å². The summed E-state index contributed by atoms with van der Waals surface area (Å²) in [7, 11) is 0. The van der Waals surface area contributed by atoms with E-state index >= 15 is 0 Å². The molecular formula is C17H16O2. The van der Waals surface area contributed by atoms with Crippen LogP contribution in [-0.2, 0) is 11.2 Å². The Labute approximate surface area is 113 Å². The average molecular weight is 252 g/mol. The minimum absolute atomic E-state index is 0.439. The van der Waals surface area contributed by atoms with Gasteiger partial charge in [-0.1, -0.05) is 56.0 Å². The van der Waals surface area contributed by atoms with Crippen molar-refractivity contribution in [2.45, 2.75) is 13.3 Å². The quantitative estimate of drug-likeness (QED) is 0.467. The molecule has 0 saturated carbocycles. The third-order valence-corrected chi connectivity index (χ3v) is 2.93. The molecule has 0 aliphatic carbocycles. The fourth-order valence-corrected chi connectivity index (χ4v) is 2.04. The van der Waals surface area contributed by atoms with Gasteiger partial charge in [0.05, 0.1) is 0 Å². The minimum atomic E-state index is -0.439. The minimum Gasteiger partial charge on any atom is -0.423 e. The first-order valence-corrected chi connectivity index (χ1v) is 6.27. The molecule has 0 aromatic heterocycles. The molecule has 19 heavy (non-hydrogen) atoms. The van der Waals surface area contributed by atoms with Gasteiger partial charge in [-0.25, -0.2) is 4.79 Å². The fraction of sp³-hybridized carbons (Fsp3) is 0.118. The van der Waals surface area contributed by atoms with Crippen LogP contribution in [0.1, 0.15) is 12.5 Å². The van der Waals surface area contributed by atoms with Gasteiger partial charge in [-0.15, -0.1) is 0 Å². The Morgan fingerprint density at radius 2 is 1.89 bits per heavy atom. The average Bonchev–Trinajstić information content (AvgIpc) is 2.47. The zero-order chi connectivity index (χ0) is 13.7. The number of hydrogen-bond acceptors (Lipinski definition) is 2. The molecule has 0 amide bonds. The van der Waals surface area contributed by atoms with E-state index in [-0.39, 0.29) is 0 Å². The number of esters is 1. The van der Waals surface area contributed by atoms with E-state index in [9.17, 15) is 4.79 Å². The van der Waals surface area contributed by atoms with E-state index in [2.05, 4.69) is 13.5 Å². The van der Waals surface area contributed by atoms with Gasteiger partial charge in [-0.3, -0.25) is 0 Å². The van der Waals surface area contributed by atoms with Crippen LogP contribution in [0.25, 0.3) is 11.1 Å². The van der Waals surface area contributed by atoms with Gasteiger partial charge in [0, 0.05) is 11.6 Å². The van der Waals surface area contributed by atoms with Crippen LogP contribution in [0.4, 0.5) is 0 Å². The van der Waals surface area contributed by atoms with Crippen molar-refractivity contribution >= 4 is 5.97 Å². The van der Waals surface area contributed by atoms with Crippen molar-refractivity contribution < 1.29 is 9.53 Å². The molecule has 0 heterocycles. The number of ether oxygens (including phenoxy) is 1. The van der Waals surface area contributed by atoms with Crippen LogP contribution in [0, 0.1) is 0 Å². The molecule has 0 N–H and O–H groups in total. The molecule has 2 rings (SSSR count). The summed E-state index contributed by atoms with van der Waals surface area (Å²) in [5.74, 6) is 0.140. The summed E-state index contributed by atoms with van der Waals surface area (Å²) in [6, 6.07) is 15.7. The monoisotopic (exact) mass is 252 g/mol. The maximum Gasteiger partial charge on any atom is 0.335 e. The molecule has 0 fully saturated rings. The summed E-state index contributed by atoms with van der Waals surface area (Å²) in [6.45, 7) is 5.51. The zero-order valence-corrected chi connectivity index (χ0v) is 10.9. The molecule has 2 aromatic rings. The van der Waals surface area contributed by atoms with Gasteiger partial charge in [0.15, 0.2) is 0 Å². The summed E-state index contributed by atoms with van der Waals surface area (Å²) >= 11 is 0. The Morgan fingerprint density at radius 3 is 2.53 bits per heavy atom. The SMILES string of the molecule is C=CC(=O)Oc1cccc(CC)c1-c1ccccc1. The first-order valence-electron chi connectivity index (χ1n) is 6.27. The van der Waals surface area contributed by atoms with Crippen molar-refractivity contribution in [3.8, 4) is 16.9 Å². The second kappa shape index (κ2) is 6.01. The number of carbonyl (C=O) groups excluding carboxylic acids is 1. The van der Waals surface area contributed by atoms with Gasteiger partial charge in [0.2, 0.25) is 0 Å². The Bertz CT molecular complexity index is 585. The second-order valence-electron chi connectivity index (χ2n) is 4.14. The van der Waals surface area contributed by atoms with Crippen molar-refractivity contribution in [1.29, 1.82) is 0 Å². The molecule has 2 nitrogen and oxygen atoms in total. The summed E-state index contributed by atoms with van der Waals surface area (Å²) in [5, 5.41) is 0. The molecule has 0 aliphatic heterocycles. The van der Waals surface area contributed by atoms with E-state index in [1.165, 1.54) is 6.08 Å². The van der Waals surface area contributed by atoms with E-state index in [1.807, 2.05) is 48.5 Å². The number of carbonyl (C=O) groups is 1. The van der Waals surface area contributed by atoms with E-state index in [0.29, 0.717) is 5.75 Å². The maximum absolute atomic E-state index is 11.4.